The van der Waals surface area contributed by atoms with Crippen LogP contribution >= 0.6 is 0 Å². The van der Waals surface area contributed by atoms with E-state index in [1.807, 2.05) is 25.1 Å². The van der Waals surface area contributed by atoms with Crippen LogP contribution in [0.15, 0.2) is 36.4 Å². The van der Waals surface area contributed by atoms with Gasteiger partial charge in [-0.15, -0.1) is 0 Å². The molecule has 1 nitrogen and oxygen atoms in total. The molecule has 0 fully saturated rings. The van der Waals surface area contributed by atoms with E-state index in [4.69, 9.17) is 4.74 Å². The molecule has 0 atom stereocenters. The lowest BCUT2D eigenvalue weighted by atomic mass is 10.1. The topological polar surface area (TPSA) is 9.23 Å². The number of hydrogen-bond acceptors (Lipinski definition) is 1. The van der Waals surface area contributed by atoms with Gasteiger partial charge in [0.05, 0.1) is 6.61 Å². The Kier molecular flexibility index (Phi) is 2.40. The first kappa shape index (κ1) is 9.07. The second kappa shape index (κ2) is 3.70. The third kappa shape index (κ3) is 1.46. The molecule has 0 aliphatic rings. The van der Waals surface area contributed by atoms with Crippen LogP contribution in [-0.4, -0.2) is 6.61 Å². The Hall–Kier alpha value is -1.50. The van der Waals surface area contributed by atoms with Crippen molar-refractivity contribution in [1.82, 2.24) is 0 Å². The second-order valence-electron chi connectivity index (χ2n) is 3.20. The lowest BCUT2D eigenvalue weighted by Crippen LogP contribution is -1.94. The first-order valence-electron chi connectivity index (χ1n) is 4.79. The van der Waals surface area contributed by atoms with Crippen molar-refractivity contribution in [2.24, 2.45) is 0 Å². The fourth-order valence-corrected chi connectivity index (χ4v) is 1.61. The zero-order valence-corrected chi connectivity index (χ0v) is 8.29. The summed E-state index contributed by atoms with van der Waals surface area (Å²) in [7, 11) is 0. The molecule has 1 heteroatoms. The van der Waals surface area contributed by atoms with Gasteiger partial charge in [0, 0.05) is 5.56 Å². The van der Waals surface area contributed by atoms with E-state index in [9.17, 15) is 0 Å². The molecule has 2 aromatic rings. The molecule has 0 saturated heterocycles. The molecule has 0 unspecified atom stereocenters. The quantitative estimate of drug-likeness (QED) is 0.696. The van der Waals surface area contributed by atoms with Gasteiger partial charge in [0.15, 0.2) is 0 Å². The van der Waals surface area contributed by atoms with Gasteiger partial charge in [-0.2, -0.15) is 0 Å². The van der Waals surface area contributed by atoms with Crippen molar-refractivity contribution in [3.05, 3.63) is 48.9 Å². The van der Waals surface area contributed by atoms with E-state index in [1.165, 1.54) is 10.8 Å². The smallest absolute Gasteiger partial charge is 0.123 e. The number of rotatable bonds is 2. The highest BCUT2D eigenvalue weighted by Crippen LogP contribution is 2.26. The highest BCUT2D eigenvalue weighted by Gasteiger charge is 2.02. The third-order valence-corrected chi connectivity index (χ3v) is 2.30. The Labute approximate surface area is 84.3 Å². The van der Waals surface area contributed by atoms with Crippen molar-refractivity contribution in [3.63, 3.8) is 0 Å². The molecule has 0 amide bonds. The van der Waals surface area contributed by atoms with Crippen molar-refractivity contribution in [1.29, 1.82) is 0 Å². The van der Waals surface area contributed by atoms with Gasteiger partial charge in [0.25, 0.3) is 0 Å². The molecule has 2 rings (SSSR count). The van der Waals surface area contributed by atoms with E-state index in [0.717, 1.165) is 11.3 Å². The normalized spacial score (nSPS) is 10.4. The van der Waals surface area contributed by atoms with E-state index in [-0.39, 0.29) is 0 Å². The maximum atomic E-state index is 5.48. The Morgan fingerprint density at radius 2 is 1.93 bits per heavy atom. The molecule has 2 aromatic carbocycles. The standard InChI is InChI=1S/C13H13O/c1-3-14-13-9-8-11-6-4-5-7-12(11)10(13)2/h4-9H,2-3H2,1H3. The van der Waals surface area contributed by atoms with E-state index >= 15 is 0 Å². The minimum atomic E-state index is 0.681. The van der Waals surface area contributed by atoms with Crippen LogP contribution in [-0.2, 0) is 0 Å². The van der Waals surface area contributed by atoms with Crippen molar-refractivity contribution in [2.45, 2.75) is 6.92 Å². The molecule has 0 spiro atoms. The van der Waals surface area contributed by atoms with E-state index in [0.29, 0.717) is 6.61 Å². The summed E-state index contributed by atoms with van der Waals surface area (Å²) in [5.41, 5.74) is 0.977. The van der Waals surface area contributed by atoms with E-state index in [2.05, 4.69) is 25.1 Å². The summed E-state index contributed by atoms with van der Waals surface area (Å²) in [5, 5.41) is 2.37. The van der Waals surface area contributed by atoms with Gasteiger partial charge >= 0.3 is 0 Å². The predicted octanol–water partition coefficient (Wildman–Crippen LogP) is 3.42. The molecule has 0 aromatic heterocycles. The predicted molar refractivity (Wildman–Crippen MR) is 59.6 cm³/mol. The van der Waals surface area contributed by atoms with Gasteiger partial charge in [-0.05, 0) is 30.7 Å². The van der Waals surface area contributed by atoms with Crippen molar-refractivity contribution >= 4 is 10.8 Å². The summed E-state index contributed by atoms with van der Waals surface area (Å²) in [6.07, 6.45) is 0. The van der Waals surface area contributed by atoms with Crippen molar-refractivity contribution < 1.29 is 4.74 Å². The first-order chi connectivity index (χ1) is 6.83. The summed E-state index contributed by atoms with van der Waals surface area (Å²) in [5.74, 6) is 0.881. The number of hydrogen-bond donors (Lipinski definition) is 0. The van der Waals surface area contributed by atoms with Gasteiger partial charge in [0.2, 0.25) is 0 Å². The Morgan fingerprint density at radius 1 is 1.14 bits per heavy atom. The van der Waals surface area contributed by atoms with Crippen LogP contribution in [0, 0.1) is 6.92 Å². The minimum Gasteiger partial charge on any atom is -0.494 e. The SMILES string of the molecule is [CH2]c1c(OCC)ccc2ccccc12. The Bertz CT molecular complexity index is 446. The summed E-state index contributed by atoms with van der Waals surface area (Å²) in [6.45, 7) is 6.70. The fraction of sp³-hybridized carbons (Fsp3) is 0.154. The maximum absolute atomic E-state index is 5.48. The van der Waals surface area contributed by atoms with Crippen LogP contribution in [0.1, 0.15) is 12.5 Å². The molecule has 0 saturated carbocycles. The highest BCUT2D eigenvalue weighted by molar-refractivity contribution is 5.88. The molecule has 0 bridgehead atoms. The first-order valence-corrected chi connectivity index (χ1v) is 4.79. The van der Waals surface area contributed by atoms with Gasteiger partial charge < -0.3 is 4.74 Å². The minimum absolute atomic E-state index is 0.681. The molecule has 0 aliphatic heterocycles. The summed E-state index contributed by atoms with van der Waals surface area (Å²) >= 11 is 0. The van der Waals surface area contributed by atoms with Crippen LogP contribution < -0.4 is 4.74 Å². The van der Waals surface area contributed by atoms with Crippen LogP contribution in [0.5, 0.6) is 5.75 Å². The van der Waals surface area contributed by atoms with E-state index < -0.39 is 0 Å². The average Bonchev–Trinajstić information content (AvgIpc) is 2.23. The lowest BCUT2D eigenvalue weighted by molar-refractivity contribution is 0.339. The summed E-state index contributed by atoms with van der Waals surface area (Å²) < 4.78 is 5.48. The molecule has 14 heavy (non-hydrogen) atoms. The zero-order valence-electron chi connectivity index (χ0n) is 8.29. The molecule has 0 aliphatic carbocycles. The van der Waals surface area contributed by atoms with Crippen molar-refractivity contribution in [3.8, 4) is 5.75 Å². The monoisotopic (exact) mass is 185 g/mol. The molecule has 0 heterocycles. The second-order valence-corrected chi connectivity index (χ2v) is 3.20. The van der Waals surface area contributed by atoms with E-state index in [1.54, 1.807) is 0 Å². The van der Waals surface area contributed by atoms with Crippen molar-refractivity contribution in [2.75, 3.05) is 6.61 Å². The molecule has 1 radical (unpaired) electrons. The Morgan fingerprint density at radius 3 is 2.71 bits per heavy atom. The Balaban J connectivity index is 2.63. The number of ether oxygens (including phenoxy) is 1. The van der Waals surface area contributed by atoms with Crippen LogP contribution in [0.2, 0.25) is 0 Å². The molecular weight excluding hydrogens is 172 g/mol. The van der Waals surface area contributed by atoms with Gasteiger partial charge in [0.1, 0.15) is 5.75 Å². The average molecular weight is 185 g/mol. The van der Waals surface area contributed by atoms with Crippen LogP contribution in [0.4, 0.5) is 0 Å². The number of benzene rings is 2. The highest BCUT2D eigenvalue weighted by atomic mass is 16.5. The number of fused-ring (bicyclic) bond motifs is 1. The zero-order chi connectivity index (χ0) is 9.97. The largest absolute Gasteiger partial charge is 0.494 e. The van der Waals surface area contributed by atoms with Gasteiger partial charge in [-0.25, -0.2) is 0 Å². The lowest BCUT2D eigenvalue weighted by Gasteiger charge is -2.09. The molecule has 71 valence electrons. The van der Waals surface area contributed by atoms with Crippen LogP contribution in [0.25, 0.3) is 10.8 Å². The molecule has 0 N–H and O–H groups in total. The maximum Gasteiger partial charge on any atom is 0.123 e. The third-order valence-electron chi connectivity index (χ3n) is 2.30. The van der Waals surface area contributed by atoms with Crippen LogP contribution in [0.3, 0.4) is 0 Å². The molecular formula is C13H13O. The van der Waals surface area contributed by atoms with Gasteiger partial charge in [-0.1, -0.05) is 30.3 Å². The fourth-order valence-electron chi connectivity index (χ4n) is 1.61. The summed E-state index contributed by atoms with van der Waals surface area (Å²) in [6, 6.07) is 12.2. The summed E-state index contributed by atoms with van der Waals surface area (Å²) in [4.78, 5) is 0. The van der Waals surface area contributed by atoms with Gasteiger partial charge in [-0.3, -0.25) is 0 Å².